The first-order valence-corrected chi connectivity index (χ1v) is 9.16. The van der Waals surface area contributed by atoms with Gasteiger partial charge in [0.1, 0.15) is 18.2 Å². The van der Waals surface area contributed by atoms with Gasteiger partial charge in [0.2, 0.25) is 5.91 Å². The van der Waals surface area contributed by atoms with Crippen LogP contribution in [0, 0.1) is 0 Å². The molecule has 1 unspecified atom stereocenters. The van der Waals surface area contributed by atoms with Gasteiger partial charge in [-0.1, -0.05) is 60.7 Å². The second-order valence-corrected chi connectivity index (χ2v) is 7.04. The Balaban J connectivity index is 0.00000450. The van der Waals surface area contributed by atoms with E-state index in [1.165, 1.54) is 13.8 Å². The van der Waals surface area contributed by atoms with Gasteiger partial charge in [-0.2, -0.15) is 0 Å². The molecule has 0 radical (unpaired) electrons. The highest BCUT2D eigenvalue weighted by molar-refractivity contribution is 5.93. The lowest BCUT2D eigenvalue weighted by Gasteiger charge is -2.27. The average molecular weight is 435 g/mol. The minimum atomic E-state index is -1.31. The number of benzene rings is 2. The predicted molar refractivity (Wildman–Crippen MR) is 115 cm³/mol. The van der Waals surface area contributed by atoms with Gasteiger partial charge in [0, 0.05) is 6.42 Å². The molecule has 2 aromatic rings. The summed E-state index contributed by atoms with van der Waals surface area (Å²) in [5.41, 5.74) is 2.43. The van der Waals surface area contributed by atoms with E-state index in [2.05, 4.69) is 16.1 Å². The Morgan fingerprint density at radius 3 is 2.03 bits per heavy atom. The van der Waals surface area contributed by atoms with Gasteiger partial charge in [0.15, 0.2) is 0 Å². The molecule has 0 heterocycles. The Kier molecular flexibility index (Phi) is 9.80. The number of ether oxygens (including phenoxy) is 1. The Morgan fingerprint density at radius 1 is 0.967 bits per heavy atom. The highest BCUT2D eigenvalue weighted by atomic mass is 35.5. The first kappa shape index (κ1) is 24.9. The van der Waals surface area contributed by atoms with Crippen LogP contribution in [0.2, 0.25) is 0 Å². The standard InChI is InChI=1S/C21H26N4O4.ClH/c1-21(2,24-20(28)29-14-16-11-7-4-8-12-16)19(27)23-17(18(26)25-22)13-15-9-5-3-6-10-15;/h3-12,17H,13-14,22H2,1-2H3,(H,23,27)(H,24,28)(H,25,26);1H. The molecule has 1 atom stereocenters. The predicted octanol–water partition coefficient (Wildman–Crippen LogP) is 1.83. The first-order chi connectivity index (χ1) is 13.8. The van der Waals surface area contributed by atoms with Crippen molar-refractivity contribution in [1.29, 1.82) is 0 Å². The summed E-state index contributed by atoms with van der Waals surface area (Å²) in [6, 6.07) is 17.5. The maximum Gasteiger partial charge on any atom is 0.408 e. The third-order valence-corrected chi connectivity index (χ3v) is 4.24. The van der Waals surface area contributed by atoms with E-state index in [9.17, 15) is 14.4 Å². The summed E-state index contributed by atoms with van der Waals surface area (Å²) in [5.74, 6) is 4.17. The van der Waals surface area contributed by atoms with Gasteiger partial charge in [-0.25, -0.2) is 10.6 Å². The molecule has 3 amide bonds. The largest absolute Gasteiger partial charge is 0.445 e. The van der Waals surface area contributed by atoms with Gasteiger partial charge in [-0.05, 0) is 25.0 Å². The molecule has 0 spiro atoms. The minimum Gasteiger partial charge on any atom is -0.445 e. The summed E-state index contributed by atoms with van der Waals surface area (Å²) in [6.45, 7) is 3.12. The molecule has 2 aromatic carbocycles. The van der Waals surface area contributed by atoms with Crippen molar-refractivity contribution in [1.82, 2.24) is 16.1 Å². The summed E-state index contributed by atoms with van der Waals surface area (Å²) in [4.78, 5) is 36.9. The fraction of sp³-hybridized carbons (Fsp3) is 0.286. The Bertz CT molecular complexity index is 831. The topological polar surface area (TPSA) is 123 Å². The number of halogens is 1. The number of alkyl carbamates (subject to hydrolysis) is 1. The van der Waals surface area contributed by atoms with Crippen molar-refractivity contribution in [2.75, 3.05) is 0 Å². The lowest BCUT2D eigenvalue weighted by molar-refractivity contribution is -0.131. The van der Waals surface area contributed by atoms with E-state index in [1.54, 1.807) is 0 Å². The van der Waals surface area contributed by atoms with E-state index in [0.717, 1.165) is 11.1 Å². The van der Waals surface area contributed by atoms with Crippen molar-refractivity contribution in [3.8, 4) is 0 Å². The Morgan fingerprint density at radius 2 is 1.50 bits per heavy atom. The molecule has 0 bridgehead atoms. The number of hydrogen-bond acceptors (Lipinski definition) is 5. The number of carbonyl (C=O) groups excluding carboxylic acids is 3. The van der Waals surface area contributed by atoms with Gasteiger partial charge in [0.05, 0.1) is 0 Å². The molecule has 30 heavy (non-hydrogen) atoms. The van der Waals surface area contributed by atoms with E-state index in [1.807, 2.05) is 60.7 Å². The van der Waals surface area contributed by atoms with Crippen LogP contribution in [-0.2, 0) is 27.4 Å². The normalized spacial score (nSPS) is 11.4. The third kappa shape index (κ3) is 7.73. The molecule has 5 N–H and O–H groups in total. The molecule has 0 aromatic heterocycles. The molecular formula is C21H27ClN4O4. The molecule has 2 rings (SSSR count). The fourth-order valence-corrected chi connectivity index (χ4v) is 2.57. The number of rotatable bonds is 8. The number of hydrazine groups is 1. The lowest BCUT2D eigenvalue weighted by atomic mass is 10.0. The van der Waals surface area contributed by atoms with Crippen molar-refractivity contribution < 1.29 is 19.1 Å². The first-order valence-electron chi connectivity index (χ1n) is 9.16. The Hall–Kier alpha value is -3.10. The molecule has 0 saturated carbocycles. The van der Waals surface area contributed by atoms with E-state index < -0.39 is 29.5 Å². The van der Waals surface area contributed by atoms with Gasteiger partial charge >= 0.3 is 6.09 Å². The quantitative estimate of drug-likeness (QED) is 0.287. The van der Waals surface area contributed by atoms with Gasteiger partial charge in [-0.15, -0.1) is 12.4 Å². The molecule has 0 aliphatic rings. The third-order valence-electron chi connectivity index (χ3n) is 4.24. The molecule has 8 nitrogen and oxygen atoms in total. The van der Waals surface area contributed by atoms with E-state index >= 15 is 0 Å². The van der Waals surface area contributed by atoms with Crippen LogP contribution in [0.1, 0.15) is 25.0 Å². The van der Waals surface area contributed by atoms with Crippen molar-refractivity contribution in [2.45, 2.75) is 38.5 Å². The van der Waals surface area contributed by atoms with Crippen molar-refractivity contribution in [3.63, 3.8) is 0 Å². The van der Waals surface area contributed by atoms with Gasteiger partial charge in [0.25, 0.3) is 5.91 Å². The fourth-order valence-electron chi connectivity index (χ4n) is 2.57. The van der Waals surface area contributed by atoms with Crippen LogP contribution in [0.3, 0.4) is 0 Å². The zero-order valence-corrected chi connectivity index (χ0v) is 17.7. The number of carbonyl (C=O) groups is 3. The molecule has 0 saturated heterocycles. The highest BCUT2D eigenvalue weighted by Gasteiger charge is 2.33. The summed E-state index contributed by atoms with van der Waals surface area (Å²) in [5, 5.41) is 5.15. The zero-order valence-electron chi connectivity index (χ0n) is 16.9. The van der Waals surface area contributed by atoms with Crippen LogP contribution in [0.15, 0.2) is 60.7 Å². The van der Waals surface area contributed by atoms with E-state index in [4.69, 9.17) is 10.6 Å². The number of nitrogens with one attached hydrogen (secondary N) is 3. The van der Waals surface area contributed by atoms with Crippen molar-refractivity contribution in [2.24, 2.45) is 5.84 Å². The number of nitrogens with two attached hydrogens (primary N) is 1. The SMILES string of the molecule is CC(C)(NC(=O)OCc1ccccc1)C(=O)NC(Cc1ccccc1)C(=O)NN.Cl. The van der Waals surface area contributed by atoms with Crippen LogP contribution in [-0.4, -0.2) is 29.5 Å². The van der Waals surface area contributed by atoms with E-state index in [-0.39, 0.29) is 25.4 Å². The molecule has 0 aliphatic carbocycles. The Labute approximate surface area is 181 Å². The lowest BCUT2D eigenvalue weighted by Crippen LogP contribution is -2.59. The van der Waals surface area contributed by atoms with Crippen LogP contribution >= 0.6 is 12.4 Å². The highest BCUT2D eigenvalue weighted by Crippen LogP contribution is 2.08. The summed E-state index contributed by atoms with van der Waals surface area (Å²) in [6.07, 6.45) is -0.485. The van der Waals surface area contributed by atoms with E-state index in [0.29, 0.717) is 0 Å². The second-order valence-electron chi connectivity index (χ2n) is 7.04. The minimum absolute atomic E-state index is 0. The molecule has 0 fully saturated rings. The molecule has 9 heteroatoms. The van der Waals surface area contributed by atoms with Gasteiger partial charge < -0.3 is 15.4 Å². The summed E-state index contributed by atoms with van der Waals surface area (Å²) in [7, 11) is 0. The monoisotopic (exact) mass is 434 g/mol. The van der Waals surface area contributed by atoms with Crippen LogP contribution in [0.5, 0.6) is 0 Å². The zero-order chi connectivity index (χ0) is 21.3. The molecule has 0 aliphatic heterocycles. The average Bonchev–Trinajstić information content (AvgIpc) is 2.72. The van der Waals surface area contributed by atoms with Crippen LogP contribution < -0.4 is 21.9 Å². The van der Waals surface area contributed by atoms with Crippen LogP contribution in [0.4, 0.5) is 4.79 Å². The van der Waals surface area contributed by atoms with Crippen LogP contribution in [0.25, 0.3) is 0 Å². The summed E-state index contributed by atoms with van der Waals surface area (Å²) < 4.78 is 5.15. The van der Waals surface area contributed by atoms with Gasteiger partial charge in [-0.3, -0.25) is 15.0 Å². The summed E-state index contributed by atoms with van der Waals surface area (Å²) >= 11 is 0. The number of amides is 3. The number of hydrogen-bond donors (Lipinski definition) is 4. The van der Waals surface area contributed by atoms with Crippen molar-refractivity contribution in [3.05, 3.63) is 71.8 Å². The molecule has 162 valence electrons. The maximum atomic E-state index is 12.7. The van der Waals surface area contributed by atoms with Crippen molar-refractivity contribution >= 4 is 30.3 Å². The second kappa shape index (κ2) is 11.8. The maximum absolute atomic E-state index is 12.7. The smallest absolute Gasteiger partial charge is 0.408 e. The molecular weight excluding hydrogens is 408 g/mol.